The molecule has 0 spiro atoms. The third-order valence-electron chi connectivity index (χ3n) is 7.43. The van der Waals surface area contributed by atoms with Crippen LogP contribution in [0.15, 0.2) is 131 Å². The van der Waals surface area contributed by atoms with E-state index in [9.17, 15) is 57.0 Å². The van der Waals surface area contributed by atoms with Gasteiger partial charge in [-0.15, -0.1) is 15.3 Å². The van der Waals surface area contributed by atoms with Gasteiger partial charge in [0.15, 0.2) is 0 Å². The minimum absolute atomic E-state index is 0. The summed E-state index contributed by atoms with van der Waals surface area (Å²) in [6.07, 6.45) is 0. The summed E-state index contributed by atoms with van der Waals surface area (Å²) in [6.45, 7) is 0. The second-order valence-electron chi connectivity index (χ2n) is 10.6. The fourth-order valence-electron chi connectivity index (χ4n) is 5.09. The summed E-state index contributed by atoms with van der Waals surface area (Å²) < 4.78 is 139. The van der Waals surface area contributed by atoms with Crippen LogP contribution in [0.2, 0.25) is 0 Å². The van der Waals surface area contributed by atoms with Gasteiger partial charge in [0, 0.05) is 21.5 Å². The van der Waals surface area contributed by atoms with E-state index in [1.807, 2.05) is 0 Å². The van der Waals surface area contributed by atoms with Crippen LogP contribution >= 0.6 is 0 Å². The number of benzene rings is 6. The van der Waals surface area contributed by atoms with E-state index in [4.69, 9.17) is 0 Å². The first-order valence-electron chi connectivity index (χ1n) is 13.8. The van der Waals surface area contributed by atoms with Crippen LogP contribution in [0.25, 0.3) is 32.3 Å². The predicted octanol–water partition coefficient (Wildman–Crippen LogP) is -6.97. The van der Waals surface area contributed by atoms with Crippen molar-refractivity contribution in [3.05, 3.63) is 91.0 Å². The molecular weight excluding hydrogens is 845 g/mol. The number of hydrogen-bond donors (Lipinski definition) is 1. The quantitative estimate of drug-likeness (QED) is 0.0847. The molecule has 0 radical (unpaired) electrons. The van der Waals surface area contributed by atoms with Crippen LogP contribution in [0.4, 0.5) is 22.7 Å². The average Bonchev–Trinajstić information content (AvgIpc) is 3.04. The molecule has 0 aliphatic heterocycles. The summed E-state index contributed by atoms with van der Waals surface area (Å²) in [4.78, 5) is -3.22. The van der Waals surface area contributed by atoms with E-state index in [2.05, 4.69) is 20.5 Å². The topological polar surface area (TPSA) is 298 Å². The molecule has 0 atom stereocenters. The zero-order valence-electron chi connectivity index (χ0n) is 28.9. The number of nitrogens with zero attached hydrogens (tertiary/aromatic N) is 4. The molecule has 1 N–H and O–H groups in total. The van der Waals surface area contributed by atoms with Crippen molar-refractivity contribution in [3.63, 3.8) is 0 Å². The first-order valence-corrected chi connectivity index (χ1v) is 19.4. The Kier molecular flexibility index (Phi) is 17.0. The molecule has 0 heterocycles. The van der Waals surface area contributed by atoms with Crippen LogP contribution in [0.5, 0.6) is 5.75 Å². The summed E-state index contributed by atoms with van der Waals surface area (Å²) in [5.74, 6) is -1.27. The Morgan fingerprint density at radius 1 is 0.455 bits per heavy atom. The molecule has 0 amide bonds. The first kappa shape index (κ1) is 49.9. The van der Waals surface area contributed by atoms with Gasteiger partial charge in [-0.2, -0.15) is 13.5 Å². The fraction of sp³-hybridized carbons (Fsp3) is 0. The molecule has 0 saturated heterocycles. The Bertz CT molecular complexity index is 3010. The van der Waals surface area contributed by atoms with Crippen molar-refractivity contribution in [1.82, 2.24) is 0 Å². The minimum atomic E-state index is -5.14. The van der Waals surface area contributed by atoms with E-state index >= 15 is 0 Å². The van der Waals surface area contributed by atoms with E-state index in [1.54, 1.807) is 24.3 Å². The van der Waals surface area contributed by atoms with E-state index < -0.39 is 71.5 Å². The van der Waals surface area contributed by atoms with Gasteiger partial charge < -0.3 is 18.8 Å². The summed E-state index contributed by atoms with van der Waals surface area (Å²) in [5.41, 5.74) is -0.650. The largest absolute Gasteiger partial charge is 1.00 e. The van der Waals surface area contributed by atoms with Crippen LogP contribution in [0.1, 0.15) is 0 Å². The predicted molar refractivity (Wildman–Crippen MR) is 173 cm³/mol. The summed E-state index contributed by atoms with van der Waals surface area (Å²) in [7, 11) is -20.1. The second kappa shape index (κ2) is 18.8. The Morgan fingerprint density at radius 2 is 0.927 bits per heavy atom. The minimum Gasteiger partial charge on any atom is -0.870 e. The number of rotatable bonds is 8. The van der Waals surface area contributed by atoms with Crippen molar-refractivity contribution in [2.45, 2.75) is 19.6 Å². The van der Waals surface area contributed by atoms with Crippen molar-refractivity contribution in [1.29, 1.82) is 0 Å². The average molecular weight is 861 g/mol. The zero-order valence-corrected chi connectivity index (χ0v) is 40.2. The maximum absolute atomic E-state index is 13.1. The van der Waals surface area contributed by atoms with E-state index in [1.165, 1.54) is 12.1 Å². The van der Waals surface area contributed by atoms with Crippen LogP contribution in [-0.4, -0.2) is 51.9 Å². The third kappa shape index (κ3) is 11.1. The van der Waals surface area contributed by atoms with Crippen LogP contribution in [0, 0.1) is 0 Å². The fourth-order valence-corrected chi connectivity index (χ4v) is 7.23. The van der Waals surface area contributed by atoms with Gasteiger partial charge in [0.1, 0.15) is 30.4 Å². The van der Waals surface area contributed by atoms with Crippen molar-refractivity contribution in [2.75, 3.05) is 0 Å². The van der Waals surface area contributed by atoms with Crippen LogP contribution in [0.3, 0.4) is 0 Å². The van der Waals surface area contributed by atoms with Crippen molar-refractivity contribution >= 4 is 95.5 Å². The Morgan fingerprint density at radius 3 is 1.45 bits per heavy atom. The second-order valence-corrected chi connectivity index (χ2v) is 16.2. The van der Waals surface area contributed by atoms with Gasteiger partial charge in [-0.1, -0.05) is 42.1 Å². The van der Waals surface area contributed by atoms with E-state index in [0.717, 1.165) is 48.5 Å². The first-order chi connectivity index (χ1) is 23.7. The molecular formula is C30H16N4Na4O13S4. The van der Waals surface area contributed by atoms with Gasteiger partial charge in [0.05, 0.1) is 42.3 Å². The normalized spacial score (nSPS) is 12.3. The van der Waals surface area contributed by atoms with E-state index in [0.29, 0.717) is 16.8 Å². The smallest absolute Gasteiger partial charge is 0.870 e. The number of azo groups is 2. The van der Waals surface area contributed by atoms with Crippen LogP contribution < -0.4 is 123 Å². The van der Waals surface area contributed by atoms with Gasteiger partial charge in [-0.25, -0.2) is 25.3 Å². The van der Waals surface area contributed by atoms with Gasteiger partial charge in [-0.05, 0) is 65.4 Å². The van der Waals surface area contributed by atoms with Gasteiger partial charge >= 0.3 is 118 Å². The Labute approximate surface area is 401 Å². The maximum atomic E-state index is 13.1. The Hall–Kier alpha value is -1.26. The van der Waals surface area contributed by atoms with E-state index in [-0.39, 0.29) is 157 Å². The third-order valence-corrected chi connectivity index (χ3v) is 10.8. The van der Waals surface area contributed by atoms with Gasteiger partial charge in [0.25, 0.3) is 10.1 Å². The van der Waals surface area contributed by atoms with Crippen molar-refractivity contribution in [3.8, 4) is 5.75 Å². The number of hydrogen-bond acceptors (Lipinski definition) is 16. The molecule has 0 aromatic heterocycles. The van der Waals surface area contributed by atoms with Gasteiger partial charge in [0.2, 0.25) is 0 Å². The molecule has 17 nitrogen and oxygen atoms in total. The molecule has 6 rings (SSSR count). The molecule has 262 valence electrons. The molecule has 0 unspecified atom stereocenters. The Balaban J connectivity index is 0.00000261. The molecule has 55 heavy (non-hydrogen) atoms. The van der Waals surface area contributed by atoms with Gasteiger partial charge in [-0.3, -0.25) is 4.55 Å². The molecule has 6 aromatic carbocycles. The van der Waals surface area contributed by atoms with Crippen LogP contribution in [-0.2, 0) is 40.5 Å². The summed E-state index contributed by atoms with van der Waals surface area (Å²) >= 11 is 0. The molecule has 0 aliphatic carbocycles. The summed E-state index contributed by atoms with van der Waals surface area (Å²) in [5, 5.41) is 29.8. The summed E-state index contributed by atoms with van der Waals surface area (Å²) in [6, 6.07) is 17.4. The molecule has 0 saturated carbocycles. The SMILES string of the molecule is O=S(=O)([O-])c1cc(N=Nc2ccc(N=Nc3c([O-])c(S(=O)(=O)O)cc4cc(S(=O)(=O)[O-])ccc34)c3ccccc23)c2cc(S(=O)(=O)[O-])ccc2c1.[Na+].[Na+].[Na+].[Na+]. The molecule has 0 aliphatic rings. The molecule has 6 aromatic rings. The molecule has 25 heteroatoms. The number of fused-ring (bicyclic) bond motifs is 3. The van der Waals surface area contributed by atoms with Crippen molar-refractivity contribution in [2.24, 2.45) is 20.5 Å². The standard InChI is InChI=1S/C30H20N4O13S4.4Na/c35-30-28(51(45,46)47)13-17-12-18(48(36,37)38)7-8-21(17)29(30)34-32-26-10-9-25(22-3-1-2-4-23(22)26)31-33-27-15-20(50(42,43)44)11-16-5-6-19(14-24(16)27)49(39,40)41;;;;/h1-15,35H,(H,36,37,38)(H,39,40,41)(H,42,43,44)(H,45,46,47);;;;/q;4*+1/p-4. The molecule has 0 fully saturated rings. The molecule has 0 bridgehead atoms. The monoisotopic (exact) mass is 860 g/mol. The zero-order chi connectivity index (χ0) is 37.1. The van der Waals surface area contributed by atoms with Crippen molar-refractivity contribution < 1.29 is 175 Å². The maximum Gasteiger partial charge on any atom is 1.00 e.